The van der Waals surface area contributed by atoms with Crippen LogP contribution in [0.4, 0.5) is 16.2 Å². The van der Waals surface area contributed by atoms with E-state index in [9.17, 15) is 14.7 Å². The number of hydrogen-bond donors (Lipinski definition) is 3. The Bertz CT molecular complexity index is 841. The van der Waals surface area contributed by atoms with Crippen LogP contribution in [0.15, 0.2) is 29.8 Å². The first kappa shape index (κ1) is 16.6. The fourth-order valence-electron chi connectivity index (χ4n) is 3.51. The summed E-state index contributed by atoms with van der Waals surface area (Å²) in [5, 5.41) is 17.9. The Labute approximate surface area is 153 Å². The van der Waals surface area contributed by atoms with Gasteiger partial charge in [0.2, 0.25) is 0 Å². The summed E-state index contributed by atoms with van der Waals surface area (Å²) >= 11 is 1.30. The van der Waals surface area contributed by atoms with E-state index in [4.69, 9.17) is 4.74 Å². The van der Waals surface area contributed by atoms with Gasteiger partial charge < -0.3 is 20.5 Å². The van der Waals surface area contributed by atoms with E-state index in [0.29, 0.717) is 36.1 Å². The van der Waals surface area contributed by atoms with Crippen molar-refractivity contribution >= 4 is 34.7 Å². The zero-order valence-corrected chi connectivity index (χ0v) is 14.7. The van der Waals surface area contributed by atoms with Crippen LogP contribution in [0.2, 0.25) is 0 Å². The maximum Gasteiger partial charge on any atom is 0.408 e. The van der Waals surface area contributed by atoms with Crippen molar-refractivity contribution in [2.24, 2.45) is 0 Å². The number of amides is 2. The van der Waals surface area contributed by atoms with Gasteiger partial charge >= 0.3 is 6.09 Å². The maximum absolute atomic E-state index is 13.3. The van der Waals surface area contributed by atoms with Gasteiger partial charge in [0, 0.05) is 29.9 Å². The van der Waals surface area contributed by atoms with Crippen LogP contribution < -0.4 is 15.4 Å². The molecule has 2 aliphatic rings. The molecule has 1 fully saturated rings. The second kappa shape index (κ2) is 6.49. The first-order chi connectivity index (χ1) is 12.6. The lowest BCUT2D eigenvalue weighted by atomic mass is 9.86. The maximum atomic E-state index is 13.3. The van der Waals surface area contributed by atoms with Crippen LogP contribution in [-0.4, -0.2) is 40.3 Å². The summed E-state index contributed by atoms with van der Waals surface area (Å²) in [7, 11) is 0. The number of fused-ring (bicyclic) bond motifs is 1. The molecule has 3 N–H and O–H groups in total. The average molecular weight is 374 g/mol. The second-order valence-electron chi connectivity index (χ2n) is 6.22. The lowest BCUT2D eigenvalue weighted by Crippen LogP contribution is -2.58. The van der Waals surface area contributed by atoms with E-state index >= 15 is 0 Å². The van der Waals surface area contributed by atoms with Gasteiger partial charge in [-0.05, 0) is 31.4 Å². The zero-order valence-electron chi connectivity index (χ0n) is 13.9. The van der Waals surface area contributed by atoms with Gasteiger partial charge in [0.25, 0.3) is 5.91 Å². The van der Waals surface area contributed by atoms with Crippen LogP contribution in [0.1, 0.15) is 24.3 Å². The number of rotatable bonds is 3. The molecule has 1 saturated heterocycles. The minimum atomic E-state index is -1.31. The molecule has 2 aliphatic heterocycles. The molecule has 1 atom stereocenters. The molecule has 2 amide bonds. The molecule has 136 valence electrons. The molecule has 2 aromatic rings. The highest BCUT2D eigenvalue weighted by atomic mass is 32.1. The van der Waals surface area contributed by atoms with Crippen LogP contribution in [-0.2, 0) is 10.3 Å². The predicted octanol–water partition coefficient (Wildman–Crippen LogP) is 2.90. The van der Waals surface area contributed by atoms with Gasteiger partial charge in [0.1, 0.15) is 10.8 Å². The minimum Gasteiger partial charge on any atom is -0.471 e. The number of ether oxygens (including phenoxy) is 1. The summed E-state index contributed by atoms with van der Waals surface area (Å²) in [4.78, 5) is 30.7. The van der Waals surface area contributed by atoms with Crippen molar-refractivity contribution in [2.45, 2.75) is 24.8 Å². The Morgan fingerprint density at radius 2 is 2.27 bits per heavy atom. The predicted molar refractivity (Wildman–Crippen MR) is 96.6 cm³/mol. The molecule has 4 rings (SSSR count). The molecule has 0 spiro atoms. The van der Waals surface area contributed by atoms with Crippen molar-refractivity contribution in [3.05, 3.63) is 34.8 Å². The molecule has 0 bridgehead atoms. The van der Waals surface area contributed by atoms with Crippen molar-refractivity contribution < 1.29 is 19.4 Å². The van der Waals surface area contributed by atoms with E-state index in [0.717, 1.165) is 18.5 Å². The molecular formula is C17H18N4O4S. The Balaban J connectivity index is 1.70. The monoisotopic (exact) mass is 374 g/mol. The van der Waals surface area contributed by atoms with Gasteiger partial charge in [0.15, 0.2) is 12.3 Å². The third kappa shape index (κ3) is 2.64. The number of anilines is 2. The number of likely N-dealkylation sites (tertiary alicyclic amines) is 1. The van der Waals surface area contributed by atoms with Gasteiger partial charge in [-0.15, -0.1) is 11.3 Å². The summed E-state index contributed by atoms with van der Waals surface area (Å²) in [6.07, 6.45) is 2.37. The van der Waals surface area contributed by atoms with Crippen LogP contribution in [0, 0.1) is 0 Å². The molecule has 0 radical (unpaired) electrons. The summed E-state index contributed by atoms with van der Waals surface area (Å²) in [5.41, 5.74) is 0.114. The Kier molecular flexibility index (Phi) is 4.15. The number of thiazole rings is 1. The molecule has 26 heavy (non-hydrogen) atoms. The first-order valence-electron chi connectivity index (χ1n) is 8.34. The number of aromatic nitrogens is 1. The molecule has 1 unspecified atom stereocenters. The van der Waals surface area contributed by atoms with Gasteiger partial charge in [-0.1, -0.05) is 0 Å². The Hall–Kier alpha value is -2.81. The second-order valence-corrected chi connectivity index (χ2v) is 7.11. The van der Waals surface area contributed by atoms with Crippen molar-refractivity contribution in [1.82, 2.24) is 9.88 Å². The van der Waals surface area contributed by atoms with Gasteiger partial charge in [-0.2, -0.15) is 0 Å². The highest BCUT2D eigenvalue weighted by Gasteiger charge is 2.51. The van der Waals surface area contributed by atoms with Crippen LogP contribution >= 0.6 is 11.3 Å². The number of hydrogen-bond acceptors (Lipinski definition) is 6. The third-order valence-electron chi connectivity index (χ3n) is 4.75. The lowest BCUT2D eigenvalue weighted by Gasteiger charge is -2.42. The molecule has 3 heterocycles. The summed E-state index contributed by atoms with van der Waals surface area (Å²) in [5.74, 6) is 0.269. The molecule has 8 nitrogen and oxygen atoms in total. The molecular weight excluding hydrogens is 356 g/mol. The quantitative estimate of drug-likeness (QED) is 0.763. The van der Waals surface area contributed by atoms with E-state index in [1.165, 1.54) is 16.2 Å². The number of piperidine rings is 1. The van der Waals surface area contributed by atoms with E-state index in [-0.39, 0.29) is 5.91 Å². The number of carbonyl (C=O) groups excluding carboxylic acids is 1. The zero-order chi connectivity index (χ0) is 18.1. The molecule has 1 aromatic heterocycles. The normalized spacial score (nSPS) is 21.5. The van der Waals surface area contributed by atoms with Crippen LogP contribution in [0.3, 0.4) is 0 Å². The van der Waals surface area contributed by atoms with Gasteiger partial charge in [0.05, 0.1) is 5.69 Å². The number of carboxylic acid groups (broad SMARTS) is 1. The summed E-state index contributed by atoms with van der Waals surface area (Å²) < 4.78 is 5.45. The fourth-order valence-corrected chi connectivity index (χ4v) is 4.38. The van der Waals surface area contributed by atoms with Crippen LogP contribution in [0.25, 0.3) is 0 Å². The van der Waals surface area contributed by atoms with Gasteiger partial charge in [-0.25, -0.2) is 9.78 Å². The van der Waals surface area contributed by atoms with Crippen molar-refractivity contribution in [3.8, 4) is 5.75 Å². The number of nitrogens with zero attached hydrogens (tertiary/aromatic N) is 2. The van der Waals surface area contributed by atoms with E-state index in [1.807, 2.05) is 6.07 Å². The Morgan fingerprint density at radius 1 is 1.38 bits per heavy atom. The smallest absolute Gasteiger partial charge is 0.408 e. The standard InChI is InChI=1S/C17H18N4O4S/c22-14(20-11-3-4-12-13(9-11)25-10-19-12)17(15-18-6-8-26-15)5-1-2-7-21(17)16(23)24/h3-4,6,8-9,19H,1-2,5,7,10H2,(H,20,22)(H,23,24). The molecule has 0 saturated carbocycles. The van der Waals surface area contributed by atoms with Gasteiger partial charge in [-0.3, -0.25) is 9.69 Å². The molecule has 9 heteroatoms. The number of nitrogens with one attached hydrogen (secondary N) is 2. The average Bonchev–Trinajstić information content (AvgIpc) is 3.33. The van der Waals surface area contributed by atoms with E-state index in [2.05, 4.69) is 15.6 Å². The van der Waals surface area contributed by atoms with E-state index < -0.39 is 11.6 Å². The molecule has 1 aromatic carbocycles. The highest BCUT2D eigenvalue weighted by molar-refractivity contribution is 7.09. The summed E-state index contributed by atoms with van der Waals surface area (Å²) in [6.45, 7) is 0.697. The number of carbonyl (C=O) groups is 2. The van der Waals surface area contributed by atoms with Crippen LogP contribution in [0.5, 0.6) is 5.75 Å². The van der Waals surface area contributed by atoms with E-state index in [1.54, 1.807) is 23.7 Å². The topological polar surface area (TPSA) is 104 Å². The largest absolute Gasteiger partial charge is 0.471 e. The van der Waals surface area contributed by atoms with Crippen molar-refractivity contribution in [1.29, 1.82) is 0 Å². The summed E-state index contributed by atoms with van der Waals surface area (Å²) in [6, 6.07) is 5.32. The minimum absolute atomic E-state index is 0.305. The first-order valence-corrected chi connectivity index (χ1v) is 9.22. The Morgan fingerprint density at radius 3 is 3.04 bits per heavy atom. The SMILES string of the molecule is O=C(O)N1CCCCC1(C(=O)Nc1ccc2c(c1)OCN2)c1nccs1. The highest BCUT2D eigenvalue weighted by Crippen LogP contribution is 2.40. The lowest BCUT2D eigenvalue weighted by molar-refractivity contribution is -0.130. The third-order valence-corrected chi connectivity index (χ3v) is 5.68. The van der Waals surface area contributed by atoms with Crippen molar-refractivity contribution in [3.63, 3.8) is 0 Å². The van der Waals surface area contributed by atoms with Crippen molar-refractivity contribution in [2.75, 3.05) is 23.9 Å². The fraction of sp³-hybridized carbons (Fsp3) is 0.353. The number of benzene rings is 1. The molecule has 0 aliphatic carbocycles.